The van der Waals surface area contributed by atoms with E-state index >= 15 is 0 Å². The highest BCUT2D eigenvalue weighted by atomic mass is 19.1. The molecule has 0 spiro atoms. The van der Waals surface area contributed by atoms with Crippen molar-refractivity contribution in [2.45, 2.75) is 12.8 Å². The molecule has 0 aliphatic heterocycles. The summed E-state index contributed by atoms with van der Waals surface area (Å²) in [7, 11) is 0. The van der Waals surface area contributed by atoms with Gasteiger partial charge in [-0.3, -0.25) is 9.59 Å². The molecule has 92 valence electrons. The Hall–Kier alpha value is -2.11. The van der Waals surface area contributed by atoms with Gasteiger partial charge in [0.2, 0.25) is 0 Å². The molecule has 0 saturated carbocycles. The first kappa shape index (κ1) is 13.0. The van der Waals surface area contributed by atoms with Crippen LogP contribution >= 0.6 is 0 Å². The second-order valence-corrected chi connectivity index (χ2v) is 3.49. The summed E-state index contributed by atoms with van der Waals surface area (Å²) in [5.41, 5.74) is 5.48. The SMILES string of the molecule is Nc1ccc(C(=O)NCCCC(=O)O)c(F)c1. The summed E-state index contributed by atoms with van der Waals surface area (Å²) in [5.74, 6) is -2.20. The molecule has 1 aromatic rings. The molecule has 4 N–H and O–H groups in total. The fraction of sp³-hybridized carbons (Fsp3) is 0.273. The minimum atomic E-state index is -0.932. The van der Waals surface area contributed by atoms with E-state index in [2.05, 4.69) is 5.32 Å². The first-order chi connectivity index (χ1) is 8.00. The highest BCUT2D eigenvalue weighted by Gasteiger charge is 2.11. The van der Waals surface area contributed by atoms with E-state index in [1.165, 1.54) is 12.1 Å². The molecule has 0 fully saturated rings. The lowest BCUT2D eigenvalue weighted by Crippen LogP contribution is -2.25. The van der Waals surface area contributed by atoms with E-state index in [0.717, 1.165) is 6.07 Å². The zero-order chi connectivity index (χ0) is 12.8. The van der Waals surface area contributed by atoms with Gasteiger partial charge in [-0.25, -0.2) is 4.39 Å². The van der Waals surface area contributed by atoms with Crippen molar-refractivity contribution < 1.29 is 19.1 Å². The first-order valence-corrected chi connectivity index (χ1v) is 5.05. The van der Waals surface area contributed by atoms with E-state index in [0.29, 0.717) is 6.42 Å². The van der Waals surface area contributed by atoms with Gasteiger partial charge in [0.15, 0.2) is 0 Å². The van der Waals surface area contributed by atoms with E-state index in [9.17, 15) is 14.0 Å². The van der Waals surface area contributed by atoms with E-state index in [-0.39, 0.29) is 24.2 Å². The number of anilines is 1. The summed E-state index contributed by atoms with van der Waals surface area (Å²) in [6.07, 6.45) is 0.266. The molecular weight excluding hydrogens is 227 g/mol. The standard InChI is InChI=1S/C11H13FN2O3/c12-9-6-7(13)3-4-8(9)11(17)14-5-1-2-10(15)16/h3-4,6H,1-2,5,13H2,(H,14,17)(H,15,16). The van der Waals surface area contributed by atoms with E-state index in [1.54, 1.807) is 0 Å². The number of hydrogen-bond donors (Lipinski definition) is 3. The third-order valence-corrected chi connectivity index (χ3v) is 2.09. The van der Waals surface area contributed by atoms with Gasteiger partial charge in [-0.2, -0.15) is 0 Å². The van der Waals surface area contributed by atoms with Gasteiger partial charge in [0.1, 0.15) is 5.82 Å². The molecule has 0 aliphatic rings. The number of nitrogens with two attached hydrogens (primary N) is 1. The topological polar surface area (TPSA) is 92.4 Å². The van der Waals surface area contributed by atoms with E-state index in [4.69, 9.17) is 10.8 Å². The molecule has 0 aliphatic carbocycles. The Balaban J connectivity index is 2.50. The predicted octanol–water partition coefficient (Wildman–Crippen LogP) is 1.00. The first-order valence-electron chi connectivity index (χ1n) is 5.05. The van der Waals surface area contributed by atoms with E-state index in [1.807, 2.05) is 0 Å². The Kier molecular flexibility index (Phi) is 4.45. The monoisotopic (exact) mass is 240 g/mol. The Labute approximate surface area is 97.4 Å². The molecule has 6 heteroatoms. The van der Waals surface area contributed by atoms with Crippen LogP contribution in [-0.4, -0.2) is 23.5 Å². The maximum atomic E-state index is 13.3. The Bertz CT molecular complexity index is 435. The molecule has 0 saturated heterocycles. The number of carboxylic acids is 1. The second kappa shape index (κ2) is 5.83. The normalized spacial score (nSPS) is 9.94. The number of aliphatic carboxylic acids is 1. The molecule has 0 atom stereocenters. The summed E-state index contributed by atoms with van der Waals surface area (Å²) < 4.78 is 13.3. The second-order valence-electron chi connectivity index (χ2n) is 3.49. The lowest BCUT2D eigenvalue weighted by Gasteiger charge is -2.05. The number of carbonyl (C=O) groups is 2. The molecule has 0 aromatic heterocycles. The average Bonchev–Trinajstić information content (AvgIpc) is 2.23. The van der Waals surface area contributed by atoms with Crippen molar-refractivity contribution in [2.75, 3.05) is 12.3 Å². The van der Waals surface area contributed by atoms with Crippen molar-refractivity contribution in [1.29, 1.82) is 0 Å². The van der Waals surface area contributed by atoms with Crippen molar-refractivity contribution in [3.05, 3.63) is 29.6 Å². The molecule has 0 radical (unpaired) electrons. The Morgan fingerprint density at radius 1 is 1.41 bits per heavy atom. The van der Waals surface area contributed by atoms with Crippen molar-refractivity contribution in [3.8, 4) is 0 Å². The summed E-state index contributed by atoms with van der Waals surface area (Å²) in [6.45, 7) is 0.189. The van der Waals surface area contributed by atoms with Crippen LogP contribution in [0.2, 0.25) is 0 Å². The summed E-state index contributed by atoms with van der Waals surface area (Å²) in [5, 5.41) is 10.8. The van der Waals surface area contributed by atoms with Gasteiger partial charge in [-0.1, -0.05) is 0 Å². The fourth-order valence-electron chi connectivity index (χ4n) is 1.25. The molecule has 0 unspecified atom stereocenters. The fourth-order valence-corrected chi connectivity index (χ4v) is 1.25. The number of halogens is 1. The number of hydrogen-bond acceptors (Lipinski definition) is 3. The minimum absolute atomic E-state index is 0.0372. The molecule has 17 heavy (non-hydrogen) atoms. The van der Waals surface area contributed by atoms with Gasteiger partial charge in [-0.15, -0.1) is 0 Å². The lowest BCUT2D eigenvalue weighted by molar-refractivity contribution is -0.137. The molecule has 1 aromatic carbocycles. The van der Waals surface area contributed by atoms with Crippen molar-refractivity contribution in [1.82, 2.24) is 5.32 Å². The molecule has 0 heterocycles. The summed E-state index contributed by atoms with van der Waals surface area (Å²) in [4.78, 5) is 21.7. The Morgan fingerprint density at radius 2 is 2.12 bits per heavy atom. The molecule has 1 rings (SSSR count). The van der Waals surface area contributed by atoms with Crippen LogP contribution in [-0.2, 0) is 4.79 Å². The lowest BCUT2D eigenvalue weighted by atomic mass is 10.2. The number of rotatable bonds is 5. The highest BCUT2D eigenvalue weighted by molar-refractivity contribution is 5.94. The number of carboxylic acid groups (broad SMARTS) is 1. The van der Waals surface area contributed by atoms with Gasteiger partial charge in [0, 0.05) is 18.7 Å². The van der Waals surface area contributed by atoms with Crippen LogP contribution in [0.4, 0.5) is 10.1 Å². The highest BCUT2D eigenvalue weighted by Crippen LogP contribution is 2.11. The molecule has 1 amide bonds. The van der Waals surface area contributed by atoms with Crippen LogP contribution in [0, 0.1) is 5.82 Å². The summed E-state index contributed by atoms with van der Waals surface area (Å²) >= 11 is 0. The van der Waals surface area contributed by atoms with Crippen molar-refractivity contribution in [3.63, 3.8) is 0 Å². The third-order valence-electron chi connectivity index (χ3n) is 2.09. The van der Waals surface area contributed by atoms with Crippen LogP contribution in [0.15, 0.2) is 18.2 Å². The van der Waals surface area contributed by atoms with E-state index < -0.39 is 17.7 Å². The summed E-state index contributed by atoms with van der Waals surface area (Å²) in [6, 6.07) is 3.78. The third kappa shape index (κ3) is 4.10. The van der Waals surface area contributed by atoms with Crippen molar-refractivity contribution >= 4 is 17.6 Å². The molecular formula is C11H13FN2O3. The molecule has 0 bridgehead atoms. The minimum Gasteiger partial charge on any atom is -0.481 e. The van der Waals surface area contributed by atoms with Crippen LogP contribution in [0.1, 0.15) is 23.2 Å². The maximum Gasteiger partial charge on any atom is 0.303 e. The van der Waals surface area contributed by atoms with Gasteiger partial charge in [-0.05, 0) is 24.6 Å². The van der Waals surface area contributed by atoms with Gasteiger partial charge < -0.3 is 16.2 Å². The van der Waals surface area contributed by atoms with Crippen LogP contribution < -0.4 is 11.1 Å². The number of amides is 1. The zero-order valence-corrected chi connectivity index (χ0v) is 9.07. The largest absolute Gasteiger partial charge is 0.481 e. The number of nitrogens with one attached hydrogen (secondary N) is 1. The van der Waals surface area contributed by atoms with Crippen molar-refractivity contribution in [2.24, 2.45) is 0 Å². The van der Waals surface area contributed by atoms with Gasteiger partial charge >= 0.3 is 5.97 Å². The predicted molar refractivity (Wildman–Crippen MR) is 60.0 cm³/mol. The maximum absolute atomic E-state index is 13.3. The van der Waals surface area contributed by atoms with Crippen LogP contribution in [0.3, 0.4) is 0 Å². The number of carbonyl (C=O) groups excluding carboxylic acids is 1. The van der Waals surface area contributed by atoms with Gasteiger partial charge in [0.25, 0.3) is 5.91 Å². The zero-order valence-electron chi connectivity index (χ0n) is 9.07. The quantitative estimate of drug-likeness (QED) is 0.529. The van der Waals surface area contributed by atoms with Crippen LogP contribution in [0.25, 0.3) is 0 Å². The van der Waals surface area contributed by atoms with Gasteiger partial charge in [0.05, 0.1) is 5.56 Å². The average molecular weight is 240 g/mol. The Morgan fingerprint density at radius 3 is 2.71 bits per heavy atom. The van der Waals surface area contributed by atoms with Crippen LogP contribution in [0.5, 0.6) is 0 Å². The molecule has 5 nitrogen and oxygen atoms in total. The number of nitrogen functional groups attached to an aromatic ring is 1. The smallest absolute Gasteiger partial charge is 0.303 e. The number of benzene rings is 1.